The Labute approximate surface area is 159 Å². The highest BCUT2D eigenvalue weighted by Gasteiger charge is 2.01. The van der Waals surface area contributed by atoms with Crippen molar-refractivity contribution in [1.82, 2.24) is 15.6 Å². The first-order valence-electron chi connectivity index (χ1n) is 8.92. The maximum absolute atomic E-state index is 5.75. The highest BCUT2D eigenvalue weighted by Crippen LogP contribution is 2.13. The number of guanidine groups is 1. The molecule has 6 heteroatoms. The molecule has 6 nitrogen and oxygen atoms in total. The Bertz CT molecular complexity index is 815. The number of rotatable bonds is 8. The molecule has 0 bridgehead atoms. The summed E-state index contributed by atoms with van der Waals surface area (Å²) in [5.74, 6) is 2.54. The second kappa shape index (κ2) is 10.0. The van der Waals surface area contributed by atoms with Crippen LogP contribution in [0.5, 0.6) is 5.75 Å². The van der Waals surface area contributed by atoms with Gasteiger partial charge in [0, 0.05) is 32.8 Å². The molecule has 0 spiro atoms. The molecule has 1 aromatic carbocycles. The Balaban J connectivity index is 1.40. The summed E-state index contributed by atoms with van der Waals surface area (Å²) in [6, 6.07) is 17.7. The molecule has 0 fully saturated rings. The number of ether oxygens (including phenoxy) is 1. The van der Waals surface area contributed by atoms with Gasteiger partial charge in [0.15, 0.2) is 5.96 Å². The van der Waals surface area contributed by atoms with E-state index in [4.69, 9.17) is 9.15 Å². The Morgan fingerprint density at radius 1 is 1.07 bits per heavy atom. The van der Waals surface area contributed by atoms with Crippen LogP contribution in [-0.2, 0) is 19.6 Å². The summed E-state index contributed by atoms with van der Waals surface area (Å²) in [6.45, 7) is 1.90. The quantitative estimate of drug-likeness (QED) is 0.475. The molecule has 3 aromatic rings. The third kappa shape index (κ3) is 6.18. The van der Waals surface area contributed by atoms with E-state index in [1.165, 1.54) is 0 Å². The summed E-state index contributed by atoms with van der Waals surface area (Å²) in [4.78, 5) is 8.48. The van der Waals surface area contributed by atoms with E-state index in [1.807, 2.05) is 54.6 Å². The van der Waals surface area contributed by atoms with Crippen molar-refractivity contribution in [3.8, 4) is 5.75 Å². The fourth-order valence-corrected chi connectivity index (χ4v) is 2.51. The van der Waals surface area contributed by atoms with Crippen molar-refractivity contribution in [3.05, 3.63) is 84.1 Å². The summed E-state index contributed by atoms with van der Waals surface area (Å²) < 4.78 is 11.1. The third-order valence-electron chi connectivity index (χ3n) is 3.96. The van der Waals surface area contributed by atoms with Crippen molar-refractivity contribution in [1.29, 1.82) is 0 Å². The fourth-order valence-electron chi connectivity index (χ4n) is 2.51. The number of nitrogens with one attached hydrogen (secondary N) is 2. The summed E-state index contributed by atoms with van der Waals surface area (Å²) >= 11 is 0. The third-order valence-corrected chi connectivity index (χ3v) is 3.96. The Hall–Kier alpha value is -3.28. The van der Waals surface area contributed by atoms with E-state index in [1.54, 1.807) is 19.5 Å². The second-order valence-corrected chi connectivity index (χ2v) is 5.94. The lowest BCUT2D eigenvalue weighted by atomic mass is 10.2. The van der Waals surface area contributed by atoms with Gasteiger partial charge in [-0.1, -0.05) is 18.2 Å². The SMILES string of the molecule is CN=C(NCCc1ccco1)NCc1ccc(OCc2ccccn2)cc1. The first-order chi connectivity index (χ1) is 13.3. The Morgan fingerprint density at radius 3 is 2.67 bits per heavy atom. The van der Waals surface area contributed by atoms with Gasteiger partial charge in [0.25, 0.3) is 0 Å². The molecule has 0 aliphatic rings. The van der Waals surface area contributed by atoms with Gasteiger partial charge in [0.1, 0.15) is 18.1 Å². The van der Waals surface area contributed by atoms with E-state index in [-0.39, 0.29) is 0 Å². The highest BCUT2D eigenvalue weighted by atomic mass is 16.5. The molecule has 0 atom stereocenters. The summed E-state index contributed by atoms with van der Waals surface area (Å²) in [5.41, 5.74) is 2.06. The van der Waals surface area contributed by atoms with Gasteiger partial charge in [0.2, 0.25) is 0 Å². The van der Waals surface area contributed by atoms with Gasteiger partial charge in [-0.15, -0.1) is 0 Å². The van der Waals surface area contributed by atoms with Crippen LogP contribution in [-0.4, -0.2) is 24.5 Å². The molecule has 3 rings (SSSR count). The van der Waals surface area contributed by atoms with E-state index < -0.39 is 0 Å². The van der Waals surface area contributed by atoms with Crippen molar-refractivity contribution in [2.45, 2.75) is 19.6 Å². The van der Waals surface area contributed by atoms with Crippen molar-refractivity contribution < 1.29 is 9.15 Å². The zero-order valence-corrected chi connectivity index (χ0v) is 15.4. The zero-order valence-electron chi connectivity index (χ0n) is 15.4. The molecule has 2 N–H and O–H groups in total. The summed E-state index contributed by atoms with van der Waals surface area (Å²) in [5, 5.41) is 6.58. The van der Waals surface area contributed by atoms with Crippen LogP contribution in [0.25, 0.3) is 0 Å². The van der Waals surface area contributed by atoms with Gasteiger partial charge >= 0.3 is 0 Å². The van der Waals surface area contributed by atoms with Crippen LogP contribution < -0.4 is 15.4 Å². The van der Waals surface area contributed by atoms with Crippen molar-refractivity contribution >= 4 is 5.96 Å². The average molecular weight is 364 g/mol. The van der Waals surface area contributed by atoms with E-state index in [9.17, 15) is 0 Å². The number of aliphatic imine (C=N–C) groups is 1. The van der Waals surface area contributed by atoms with Crippen molar-refractivity contribution in [2.24, 2.45) is 4.99 Å². The van der Waals surface area contributed by atoms with Crippen LogP contribution in [0.1, 0.15) is 17.0 Å². The minimum Gasteiger partial charge on any atom is -0.487 e. The smallest absolute Gasteiger partial charge is 0.191 e. The van der Waals surface area contributed by atoms with Crippen LogP contribution >= 0.6 is 0 Å². The number of benzene rings is 1. The molecule has 0 unspecified atom stereocenters. The first kappa shape index (κ1) is 18.5. The van der Waals surface area contributed by atoms with Gasteiger partial charge < -0.3 is 19.8 Å². The number of furan rings is 1. The molecule has 0 saturated carbocycles. The van der Waals surface area contributed by atoms with E-state index in [2.05, 4.69) is 20.6 Å². The molecule has 0 aliphatic heterocycles. The summed E-state index contributed by atoms with van der Waals surface area (Å²) in [6.07, 6.45) is 4.27. The minimum absolute atomic E-state index is 0.463. The number of pyridine rings is 1. The van der Waals surface area contributed by atoms with E-state index in [0.29, 0.717) is 13.2 Å². The van der Waals surface area contributed by atoms with Crippen LogP contribution in [0.2, 0.25) is 0 Å². The molecule has 140 valence electrons. The fraction of sp³-hybridized carbons (Fsp3) is 0.238. The molecular weight excluding hydrogens is 340 g/mol. The Kier molecular flexibility index (Phi) is 6.86. The van der Waals surface area contributed by atoms with Crippen LogP contribution in [0.4, 0.5) is 0 Å². The molecule has 0 saturated heterocycles. The molecule has 0 amide bonds. The normalized spacial score (nSPS) is 11.2. The first-order valence-corrected chi connectivity index (χ1v) is 8.92. The zero-order chi connectivity index (χ0) is 18.7. The highest BCUT2D eigenvalue weighted by molar-refractivity contribution is 5.79. The van der Waals surface area contributed by atoms with Crippen LogP contribution in [0, 0.1) is 0 Å². The molecular formula is C21H24N4O2. The summed E-state index contributed by atoms with van der Waals surface area (Å²) in [7, 11) is 1.76. The molecule has 0 radical (unpaired) electrons. The number of hydrogen-bond acceptors (Lipinski definition) is 4. The van der Waals surface area contributed by atoms with Crippen molar-refractivity contribution in [3.63, 3.8) is 0 Å². The van der Waals surface area contributed by atoms with E-state index in [0.717, 1.165) is 41.7 Å². The lowest BCUT2D eigenvalue weighted by molar-refractivity contribution is 0.301. The molecule has 2 aromatic heterocycles. The van der Waals surface area contributed by atoms with Gasteiger partial charge in [-0.05, 0) is 42.0 Å². The Morgan fingerprint density at radius 2 is 1.96 bits per heavy atom. The predicted octanol–water partition coefficient (Wildman–Crippen LogP) is 3.16. The number of nitrogens with zero attached hydrogens (tertiary/aromatic N) is 2. The number of hydrogen-bond donors (Lipinski definition) is 2. The predicted molar refractivity (Wildman–Crippen MR) is 106 cm³/mol. The van der Waals surface area contributed by atoms with E-state index >= 15 is 0 Å². The van der Waals surface area contributed by atoms with Crippen LogP contribution in [0.15, 0.2) is 76.5 Å². The lowest BCUT2D eigenvalue weighted by Crippen LogP contribution is -2.37. The topological polar surface area (TPSA) is 71.7 Å². The number of aromatic nitrogens is 1. The average Bonchev–Trinajstić information content (AvgIpc) is 3.24. The monoisotopic (exact) mass is 364 g/mol. The van der Waals surface area contributed by atoms with Crippen LogP contribution in [0.3, 0.4) is 0 Å². The van der Waals surface area contributed by atoms with Gasteiger partial charge in [-0.3, -0.25) is 9.98 Å². The van der Waals surface area contributed by atoms with Gasteiger partial charge in [0.05, 0.1) is 12.0 Å². The largest absolute Gasteiger partial charge is 0.487 e. The molecule has 27 heavy (non-hydrogen) atoms. The maximum Gasteiger partial charge on any atom is 0.191 e. The van der Waals surface area contributed by atoms with Crippen molar-refractivity contribution in [2.75, 3.05) is 13.6 Å². The molecule has 0 aliphatic carbocycles. The minimum atomic E-state index is 0.463. The van der Waals surface area contributed by atoms with Gasteiger partial charge in [-0.2, -0.15) is 0 Å². The molecule has 2 heterocycles. The van der Waals surface area contributed by atoms with Gasteiger partial charge in [-0.25, -0.2) is 0 Å². The standard InChI is InChI=1S/C21H24N4O2/c1-22-21(24-13-11-19-6-4-14-26-19)25-15-17-7-9-20(10-8-17)27-16-18-5-2-3-12-23-18/h2-10,12,14H,11,13,15-16H2,1H3,(H2,22,24,25). The lowest BCUT2D eigenvalue weighted by Gasteiger charge is -2.12. The second-order valence-electron chi connectivity index (χ2n) is 5.94. The maximum atomic E-state index is 5.75.